The van der Waals surface area contributed by atoms with Gasteiger partial charge in [-0.3, -0.25) is 0 Å². The molecular weight excluding hydrogens is 196 g/mol. The topological polar surface area (TPSA) is 24.1 Å². The highest BCUT2D eigenvalue weighted by atomic mass is 14.9. The molecule has 2 nitrogen and oxygen atoms in total. The third-order valence-corrected chi connectivity index (χ3v) is 3.69. The molecule has 96 valence electrons. The molecule has 2 saturated heterocycles. The first-order valence-electron chi connectivity index (χ1n) is 7.10. The van der Waals surface area contributed by atoms with E-state index in [0.29, 0.717) is 0 Å². The van der Waals surface area contributed by atoms with Gasteiger partial charge in [0.25, 0.3) is 0 Å². The average molecular weight is 226 g/mol. The smallest absolute Gasteiger partial charge is 0.00412 e. The molecule has 2 fully saturated rings. The van der Waals surface area contributed by atoms with Crippen molar-refractivity contribution in [1.29, 1.82) is 0 Å². The van der Waals surface area contributed by atoms with E-state index in [1.165, 1.54) is 38.5 Å². The normalized spacial score (nSPS) is 39.8. The van der Waals surface area contributed by atoms with E-state index in [9.17, 15) is 0 Å². The minimum Gasteiger partial charge on any atom is -0.312 e. The van der Waals surface area contributed by atoms with E-state index in [0.717, 1.165) is 24.2 Å². The molecule has 0 aromatic carbocycles. The van der Waals surface area contributed by atoms with E-state index < -0.39 is 0 Å². The number of hydrogen-bond donors (Lipinski definition) is 2. The van der Waals surface area contributed by atoms with Gasteiger partial charge in [0.05, 0.1) is 0 Å². The van der Waals surface area contributed by atoms with Crippen molar-refractivity contribution in [2.75, 3.05) is 0 Å². The van der Waals surface area contributed by atoms with Gasteiger partial charge in [0.2, 0.25) is 0 Å². The summed E-state index contributed by atoms with van der Waals surface area (Å²) in [4.78, 5) is 0. The number of piperidine rings is 2. The quantitative estimate of drug-likeness (QED) is 0.663. The highest BCUT2D eigenvalue weighted by Gasteiger charge is 2.12. The van der Waals surface area contributed by atoms with Crippen LogP contribution in [0.2, 0.25) is 0 Å². The van der Waals surface area contributed by atoms with Crippen molar-refractivity contribution >= 4 is 0 Å². The molecule has 0 unspecified atom stereocenters. The summed E-state index contributed by atoms with van der Waals surface area (Å²) in [5, 5.41) is 6.96. The lowest BCUT2D eigenvalue weighted by Gasteiger charge is -2.25. The van der Waals surface area contributed by atoms with E-state index in [2.05, 4.69) is 38.3 Å². The fourth-order valence-corrected chi connectivity index (χ4v) is 2.77. The molecule has 2 rings (SSSR count). The Balaban J connectivity index is 0.000000160. The average Bonchev–Trinajstić information content (AvgIpc) is 2.17. The van der Waals surface area contributed by atoms with Crippen LogP contribution in [0.1, 0.15) is 66.2 Å². The Morgan fingerprint density at radius 1 is 0.562 bits per heavy atom. The van der Waals surface area contributed by atoms with Crippen molar-refractivity contribution in [3.05, 3.63) is 0 Å². The Labute approximate surface area is 102 Å². The number of hydrogen-bond acceptors (Lipinski definition) is 2. The third kappa shape index (κ3) is 5.86. The molecule has 2 heteroatoms. The number of rotatable bonds is 0. The van der Waals surface area contributed by atoms with Gasteiger partial charge >= 0.3 is 0 Å². The highest BCUT2D eigenvalue weighted by molar-refractivity contribution is 4.74. The summed E-state index contributed by atoms with van der Waals surface area (Å²) >= 11 is 0. The molecule has 4 atom stereocenters. The monoisotopic (exact) mass is 226 g/mol. The first-order chi connectivity index (χ1) is 7.58. The lowest BCUT2D eigenvalue weighted by Crippen LogP contribution is -2.38. The molecule has 2 heterocycles. The van der Waals surface area contributed by atoms with Crippen LogP contribution in [0.5, 0.6) is 0 Å². The van der Waals surface area contributed by atoms with Crippen LogP contribution in [-0.2, 0) is 0 Å². The summed E-state index contributed by atoms with van der Waals surface area (Å²) in [5.74, 6) is 0. The zero-order valence-electron chi connectivity index (χ0n) is 11.6. The van der Waals surface area contributed by atoms with Gasteiger partial charge in [-0.25, -0.2) is 0 Å². The Hall–Kier alpha value is -0.0800. The van der Waals surface area contributed by atoms with Crippen molar-refractivity contribution in [2.24, 2.45) is 0 Å². The summed E-state index contributed by atoms with van der Waals surface area (Å²) in [6.45, 7) is 9.04. The molecule has 2 N–H and O–H groups in total. The molecule has 0 aromatic rings. The lowest BCUT2D eigenvalue weighted by molar-refractivity contribution is 0.352. The van der Waals surface area contributed by atoms with Gasteiger partial charge < -0.3 is 10.6 Å². The predicted octanol–water partition coefficient (Wildman–Crippen LogP) is 3.07. The van der Waals surface area contributed by atoms with Gasteiger partial charge in [0.1, 0.15) is 0 Å². The Bertz CT molecular complexity index is 146. The van der Waals surface area contributed by atoms with E-state index in [1.807, 2.05) is 0 Å². The maximum Gasteiger partial charge on any atom is 0.00412 e. The van der Waals surface area contributed by atoms with E-state index in [1.54, 1.807) is 0 Å². The first-order valence-corrected chi connectivity index (χ1v) is 7.10. The Morgan fingerprint density at radius 3 is 0.938 bits per heavy atom. The van der Waals surface area contributed by atoms with Crippen molar-refractivity contribution in [3.63, 3.8) is 0 Å². The van der Waals surface area contributed by atoms with Crippen LogP contribution >= 0.6 is 0 Å². The van der Waals surface area contributed by atoms with Crippen LogP contribution < -0.4 is 10.6 Å². The van der Waals surface area contributed by atoms with Gasteiger partial charge in [-0.1, -0.05) is 12.8 Å². The van der Waals surface area contributed by atoms with E-state index in [-0.39, 0.29) is 0 Å². The minimum atomic E-state index is 0.763. The molecule has 0 aliphatic carbocycles. The first kappa shape index (κ1) is 14.0. The Morgan fingerprint density at radius 2 is 0.812 bits per heavy atom. The second-order valence-electron chi connectivity index (χ2n) is 5.80. The summed E-state index contributed by atoms with van der Waals surface area (Å²) < 4.78 is 0. The predicted molar refractivity (Wildman–Crippen MR) is 71.8 cm³/mol. The number of nitrogens with one attached hydrogen (secondary N) is 2. The summed E-state index contributed by atoms with van der Waals surface area (Å²) in [5.41, 5.74) is 0. The van der Waals surface area contributed by atoms with Gasteiger partial charge in [-0.05, 0) is 53.4 Å². The molecule has 16 heavy (non-hydrogen) atoms. The summed E-state index contributed by atoms with van der Waals surface area (Å²) in [6.07, 6.45) is 8.29. The molecule has 0 bridgehead atoms. The van der Waals surface area contributed by atoms with Crippen molar-refractivity contribution < 1.29 is 0 Å². The maximum absolute atomic E-state index is 3.48. The minimum absolute atomic E-state index is 0.763. The molecular formula is C14H30N2. The summed E-state index contributed by atoms with van der Waals surface area (Å²) in [7, 11) is 0. The van der Waals surface area contributed by atoms with Crippen molar-refractivity contribution in [2.45, 2.75) is 90.4 Å². The standard InChI is InChI=1S/2C7H15N/c2*1-6-4-3-5-7(2)8-6/h2*6-8H,3-5H2,1-2H3/t2*6-,7-/m10/s1. The van der Waals surface area contributed by atoms with Crippen LogP contribution in [0.4, 0.5) is 0 Å². The highest BCUT2D eigenvalue weighted by Crippen LogP contribution is 2.11. The molecule has 2 aliphatic heterocycles. The molecule has 0 aromatic heterocycles. The van der Waals surface area contributed by atoms with E-state index in [4.69, 9.17) is 0 Å². The van der Waals surface area contributed by atoms with Crippen LogP contribution in [0.25, 0.3) is 0 Å². The fourth-order valence-electron chi connectivity index (χ4n) is 2.77. The van der Waals surface area contributed by atoms with Gasteiger partial charge in [-0.2, -0.15) is 0 Å². The van der Waals surface area contributed by atoms with Gasteiger partial charge in [0.15, 0.2) is 0 Å². The van der Waals surface area contributed by atoms with Crippen molar-refractivity contribution in [3.8, 4) is 0 Å². The third-order valence-electron chi connectivity index (χ3n) is 3.69. The van der Waals surface area contributed by atoms with Crippen LogP contribution in [-0.4, -0.2) is 24.2 Å². The second kappa shape index (κ2) is 7.29. The van der Waals surface area contributed by atoms with Crippen LogP contribution in [0.3, 0.4) is 0 Å². The zero-order chi connectivity index (χ0) is 12.0. The lowest BCUT2D eigenvalue weighted by atomic mass is 10.0. The van der Waals surface area contributed by atoms with Gasteiger partial charge in [0, 0.05) is 24.2 Å². The van der Waals surface area contributed by atoms with E-state index >= 15 is 0 Å². The maximum atomic E-state index is 3.48. The molecule has 0 radical (unpaired) electrons. The van der Waals surface area contributed by atoms with Crippen LogP contribution in [0.15, 0.2) is 0 Å². The largest absolute Gasteiger partial charge is 0.312 e. The molecule has 0 saturated carbocycles. The molecule has 0 amide bonds. The Kier molecular flexibility index (Phi) is 6.37. The SMILES string of the molecule is C[C@@H]1CCC[C@@H](C)N1.C[C@H]1CCC[C@H](C)N1. The molecule has 2 aliphatic rings. The summed E-state index contributed by atoms with van der Waals surface area (Å²) in [6, 6.07) is 3.05. The molecule has 0 spiro atoms. The fraction of sp³-hybridized carbons (Fsp3) is 1.00. The van der Waals surface area contributed by atoms with Crippen LogP contribution in [0, 0.1) is 0 Å². The van der Waals surface area contributed by atoms with Crippen molar-refractivity contribution in [1.82, 2.24) is 10.6 Å². The van der Waals surface area contributed by atoms with Gasteiger partial charge in [-0.15, -0.1) is 0 Å². The zero-order valence-corrected chi connectivity index (χ0v) is 11.6. The second-order valence-corrected chi connectivity index (χ2v) is 5.80.